The number of nitrogens with zero attached hydrogens (tertiary/aromatic N) is 1. The SMILES string of the molecule is CCC(C)(C)NC(=O)c1c(C)n[nH]c1C. The molecule has 4 heteroatoms. The zero-order valence-corrected chi connectivity index (χ0v) is 10.1. The van der Waals surface area contributed by atoms with Crippen molar-refractivity contribution in [2.24, 2.45) is 0 Å². The molecule has 1 aromatic heterocycles. The van der Waals surface area contributed by atoms with Crippen molar-refractivity contribution in [3.8, 4) is 0 Å². The quantitative estimate of drug-likeness (QED) is 0.799. The van der Waals surface area contributed by atoms with Gasteiger partial charge in [0.15, 0.2) is 0 Å². The molecule has 1 rings (SSSR count). The average molecular weight is 209 g/mol. The van der Waals surface area contributed by atoms with E-state index >= 15 is 0 Å². The summed E-state index contributed by atoms with van der Waals surface area (Å²) < 4.78 is 0. The van der Waals surface area contributed by atoms with Crippen LogP contribution < -0.4 is 5.32 Å². The van der Waals surface area contributed by atoms with Crippen molar-refractivity contribution in [2.45, 2.75) is 46.6 Å². The number of rotatable bonds is 3. The van der Waals surface area contributed by atoms with E-state index in [1.165, 1.54) is 0 Å². The van der Waals surface area contributed by atoms with Crippen LogP contribution in [0.15, 0.2) is 0 Å². The minimum Gasteiger partial charge on any atom is -0.347 e. The van der Waals surface area contributed by atoms with E-state index in [0.717, 1.165) is 17.8 Å². The Kier molecular flexibility index (Phi) is 3.17. The lowest BCUT2D eigenvalue weighted by Gasteiger charge is -2.24. The molecule has 0 saturated heterocycles. The smallest absolute Gasteiger partial charge is 0.255 e. The minimum atomic E-state index is -0.173. The Hall–Kier alpha value is -1.32. The van der Waals surface area contributed by atoms with Gasteiger partial charge in [-0.05, 0) is 34.1 Å². The summed E-state index contributed by atoms with van der Waals surface area (Å²) in [5, 5.41) is 9.81. The molecule has 0 aliphatic carbocycles. The van der Waals surface area contributed by atoms with Crippen molar-refractivity contribution in [3.05, 3.63) is 17.0 Å². The molecule has 1 aromatic rings. The molecule has 1 heterocycles. The normalized spacial score (nSPS) is 11.5. The summed E-state index contributed by atoms with van der Waals surface area (Å²) in [6, 6.07) is 0. The number of aryl methyl sites for hydroxylation is 2. The van der Waals surface area contributed by atoms with E-state index in [2.05, 4.69) is 22.4 Å². The van der Waals surface area contributed by atoms with E-state index in [0.29, 0.717) is 5.56 Å². The summed E-state index contributed by atoms with van der Waals surface area (Å²) in [5.41, 5.74) is 2.05. The highest BCUT2D eigenvalue weighted by Gasteiger charge is 2.22. The Morgan fingerprint density at radius 1 is 1.47 bits per heavy atom. The number of aromatic amines is 1. The molecular weight excluding hydrogens is 190 g/mol. The summed E-state index contributed by atoms with van der Waals surface area (Å²) >= 11 is 0. The average Bonchev–Trinajstić information content (AvgIpc) is 2.45. The Morgan fingerprint density at radius 2 is 2.07 bits per heavy atom. The molecule has 0 unspecified atom stereocenters. The molecule has 4 nitrogen and oxygen atoms in total. The molecule has 2 N–H and O–H groups in total. The number of amides is 1. The molecule has 0 aliphatic rings. The molecular formula is C11H19N3O. The molecule has 1 amide bonds. The van der Waals surface area contributed by atoms with Crippen LogP contribution in [-0.2, 0) is 0 Å². The first kappa shape index (κ1) is 11.8. The van der Waals surface area contributed by atoms with Crippen LogP contribution in [0.5, 0.6) is 0 Å². The molecule has 0 fully saturated rings. The van der Waals surface area contributed by atoms with Crippen LogP contribution in [-0.4, -0.2) is 21.6 Å². The number of carbonyl (C=O) groups is 1. The second-order valence-corrected chi connectivity index (χ2v) is 4.50. The maximum absolute atomic E-state index is 12.0. The Bertz CT molecular complexity index is 346. The lowest BCUT2D eigenvalue weighted by molar-refractivity contribution is 0.0910. The van der Waals surface area contributed by atoms with Gasteiger partial charge in [-0.15, -0.1) is 0 Å². The van der Waals surface area contributed by atoms with Crippen molar-refractivity contribution in [1.82, 2.24) is 15.5 Å². The summed E-state index contributed by atoms with van der Waals surface area (Å²) in [4.78, 5) is 12.0. The standard InChI is InChI=1S/C11H19N3O/c1-6-11(4,5)12-10(15)9-7(2)13-14-8(9)3/h6H2,1-5H3,(H,12,15)(H,13,14). The summed E-state index contributed by atoms with van der Waals surface area (Å²) in [6.45, 7) is 9.76. The molecule has 0 saturated carbocycles. The third kappa shape index (κ3) is 2.58. The first-order valence-electron chi connectivity index (χ1n) is 5.21. The largest absolute Gasteiger partial charge is 0.347 e. The fourth-order valence-corrected chi connectivity index (χ4v) is 1.34. The number of hydrogen-bond donors (Lipinski definition) is 2. The van der Waals surface area contributed by atoms with E-state index in [1.807, 2.05) is 27.7 Å². The Morgan fingerprint density at radius 3 is 2.47 bits per heavy atom. The number of H-pyrrole nitrogens is 1. The zero-order chi connectivity index (χ0) is 11.6. The topological polar surface area (TPSA) is 57.8 Å². The highest BCUT2D eigenvalue weighted by molar-refractivity contribution is 5.96. The number of nitrogens with one attached hydrogen (secondary N) is 2. The Balaban J connectivity index is 2.87. The molecule has 0 aliphatic heterocycles. The predicted molar refractivity (Wildman–Crippen MR) is 59.9 cm³/mol. The van der Waals surface area contributed by atoms with Gasteiger partial charge in [0, 0.05) is 11.2 Å². The number of carbonyl (C=O) groups excluding carboxylic acids is 1. The number of aromatic nitrogens is 2. The van der Waals surface area contributed by atoms with Gasteiger partial charge in [0.1, 0.15) is 0 Å². The van der Waals surface area contributed by atoms with Crippen LogP contribution in [0.3, 0.4) is 0 Å². The fraction of sp³-hybridized carbons (Fsp3) is 0.636. The molecule has 84 valence electrons. The third-order valence-electron chi connectivity index (χ3n) is 2.69. The van der Waals surface area contributed by atoms with Crippen LogP contribution in [0.4, 0.5) is 0 Å². The van der Waals surface area contributed by atoms with Crippen molar-refractivity contribution >= 4 is 5.91 Å². The highest BCUT2D eigenvalue weighted by atomic mass is 16.1. The van der Waals surface area contributed by atoms with Crippen molar-refractivity contribution in [1.29, 1.82) is 0 Å². The molecule has 0 aromatic carbocycles. The van der Waals surface area contributed by atoms with Gasteiger partial charge < -0.3 is 5.32 Å². The Labute approximate surface area is 90.5 Å². The second kappa shape index (κ2) is 4.04. The van der Waals surface area contributed by atoms with Gasteiger partial charge in [-0.1, -0.05) is 6.92 Å². The molecule has 0 spiro atoms. The summed E-state index contributed by atoms with van der Waals surface area (Å²) in [6.07, 6.45) is 0.898. The zero-order valence-electron chi connectivity index (χ0n) is 10.1. The van der Waals surface area contributed by atoms with Crippen molar-refractivity contribution in [2.75, 3.05) is 0 Å². The maximum Gasteiger partial charge on any atom is 0.255 e. The monoisotopic (exact) mass is 209 g/mol. The van der Waals surface area contributed by atoms with E-state index in [-0.39, 0.29) is 11.4 Å². The van der Waals surface area contributed by atoms with Crippen LogP contribution in [0.25, 0.3) is 0 Å². The fourth-order valence-electron chi connectivity index (χ4n) is 1.34. The van der Waals surface area contributed by atoms with E-state index in [9.17, 15) is 4.79 Å². The van der Waals surface area contributed by atoms with Crippen LogP contribution in [0, 0.1) is 13.8 Å². The molecule has 0 atom stereocenters. The predicted octanol–water partition coefficient (Wildman–Crippen LogP) is 1.94. The lowest BCUT2D eigenvalue weighted by atomic mass is 10.0. The van der Waals surface area contributed by atoms with Gasteiger partial charge in [0.05, 0.1) is 11.3 Å². The van der Waals surface area contributed by atoms with Gasteiger partial charge in [-0.2, -0.15) is 5.10 Å². The first-order chi connectivity index (χ1) is 6.87. The van der Waals surface area contributed by atoms with Gasteiger partial charge in [0.2, 0.25) is 0 Å². The molecule has 0 bridgehead atoms. The highest BCUT2D eigenvalue weighted by Crippen LogP contribution is 2.13. The summed E-state index contributed by atoms with van der Waals surface area (Å²) in [5.74, 6) is -0.0504. The van der Waals surface area contributed by atoms with Crippen molar-refractivity contribution in [3.63, 3.8) is 0 Å². The van der Waals surface area contributed by atoms with E-state index in [1.54, 1.807) is 0 Å². The number of hydrogen-bond acceptors (Lipinski definition) is 2. The molecule has 0 radical (unpaired) electrons. The van der Waals surface area contributed by atoms with Crippen LogP contribution >= 0.6 is 0 Å². The second-order valence-electron chi connectivity index (χ2n) is 4.50. The van der Waals surface area contributed by atoms with Crippen molar-refractivity contribution < 1.29 is 4.79 Å². The molecule has 15 heavy (non-hydrogen) atoms. The lowest BCUT2D eigenvalue weighted by Crippen LogP contribution is -2.43. The van der Waals surface area contributed by atoms with Gasteiger partial charge in [0.25, 0.3) is 5.91 Å². The third-order valence-corrected chi connectivity index (χ3v) is 2.69. The van der Waals surface area contributed by atoms with E-state index < -0.39 is 0 Å². The minimum absolute atomic E-state index is 0.0504. The van der Waals surface area contributed by atoms with Crippen LogP contribution in [0.2, 0.25) is 0 Å². The van der Waals surface area contributed by atoms with Crippen LogP contribution in [0.1, 0.15) is 48.9 Å². The summed E-state index contributed by atoms with van der Waals surface area (Å²) in [7, 11) is 0. The van der Waals surface area contributed by atoms with Gasteiger partial charge in [-0.3, -0.25) is 9.89 Å². The van der Waals surface area contributed by atoms with Gasteiger partial charge >= 0.3 is 0 Å². The first-order valence-corrected chi connectivity index (χ1v) is 5.21. The van der Waals surface area contributed by atoms with E-state index in [4.69, 9.17) is 0 Å². The maximum atomic E-state index is 12.0. The van der Waals surface area contributed by atoms with Gasteiger partial charge in [-0.25, -0.2) is 0 Å².